The Labute approximate surface area is 156 Å². The number of pyridine rings is 1. The molecular weight excluding hydrogens is 348 g/mol. The largest absolute Gasteiger partial charge is 0.446 e. The molecule has 0 spiro atoms. The lowest BCUT2D eigenvalue weighted by atomic mass is 10.0. The van der Waals surface area contributed by atoms with Crippen LogP contribution in [0.1, 0.15) is 36.6 Å². The zero-order valence-corrected chi connectivity index (χ0v) is 14.8. The number of hydrogen-bond donors (Lipinski definition) is 4. The number of alkyl carbamates (subject to hydrolysis) is 1. The Balaban J connectivity index is 1.54. The van der Waals surface area contributed by atoms with Crippen LogP contribution in [0.2, 0.25) is 0 Å². The maximum atomic E-state index is 12.0. The van der Waals surface area contributed by atoms with Crippen molar-refractivity contribution < 1.29 is 14.3 Å². The average Bonchev–Trinajstić information content (AvgIpc) is 3.28. The van der Waals surface area contributed by atoms with E-state index in [0.717, 1.165) is 25.0 Å². The molecule has 9 nitrogen and oxygen atoms in total. The minimum absolute atomic E-state index is 0.110. The van der Waals surface area contributed by atoms with Crippen molar-refractivity contribution in [2.75, 3.05) is 18.4 Å². The van der Waals surface area contributed by atoms with Crippen LogP contribution in [0.5, 0.6) is 0 Å². The maximum absolute atomic E-state index is 12.0. The Morgan fingerprint density at radius 2 is 1.96 bits per heavy atom. The first-order valence-corrected chi connectivity index (χ1v) is 9.15. The van der Waals surface area contributed by atoms with E-state index >= 15 is 0 Å². The maximum Gasteiger partial charge on any atom is 0.407 e. The molecule has 27 heavy (non-hydrogen) atoms. The third kappa shape index (κ3) is 4.36. The smallest absolute Gasteiger partial charge is 0.407 e. The second kappa shape index (κ2) is 7.65. The molecule has 142 valence electrons. The quantitative estimate of drug-likeness (QED) is 0.559. The van der Waals surface area contributed by atoms with E-state index in [4.69, 9.17) is 4.74 Å². The molecule has 2 aromatic rings. The molecule has 0 radical (unpaired) electrons. The molecule has 1 aliphatic carbocycles. The van der Waals surface area contributed by atoms with Crippen molar-refractivity contribution >= 4 is 23.6 Å². The Bertz CT molecular complexity index is 836. The molecule has 6 bridgehead atoms. The molecule has 2 aliphatic rings. The van der Waals surface area contributed by atoms with Crippen molar-refractivity contribution in [1.82, 2.24) is 25.8 Å². The van der Waals surface area contributed by atoms with Crippen molar-refractivity contribution in [3.63, 3.8) is 0 Å². The van der Waals surface area contributed by atoms with Crippen molar-refractivity contribution in [2.24, 2.45) is 0 Å². The van der Waals surface area contributed by atoms with Crippen molar-refractivity contribution in [1.29, 1.82) is 0 Å². The Kier molecular flexibility index (Phi) is 4.91. The highest BCUT2D eigenvalue weighted by Crippen LogP contribution is 2.36. The summed E-state index contributed by atoms with van der Waals surface area (Å²) in [4.78, 5) is 28.4. The highest BCUT2D eigenvalue weighted by molar-refractivity contribution is 5.78. The van der Waals surface area contributed by atoms with Gasteiger partial charge < -0.3 is 20.7 Å². The van der Waals surface area contributed by atoms with Gasteiger partial charge >= 0.3 is 6.09 Å². The number of hydrogen-bond acceptors (Lipinski definition) is 6. The summed E-state index contributed by atoms with van der Waals surface area (Å²) in [7, 11) is 0. The number of aromatic nitrogens is 3. The summed E-state index contributed by atoms with van der Waals surface area (Å²) in [5, 5.41) is 16.0. The molecule has 3 heterocycles. The number of rotatable bonds is 0. The Morgan fingerprint density at radius 1 is 1.07 bits per heavy atom. The number of carbonyl (C=O) groups excluding carboxylic acids is 2. The number of ether oxygens (including phenoxy) is 1. The van der Waals surface area contributed by atoms with E-state index in [2.05, 4.69) is 31.1 Å². The minimum atomic E-state index is -0.447. The van der Waals surface area contributed by atoms with Crippen LogP contribution in [-0.4, -0.2) is 46.4 Å². The second-order valence-corrected chi connectivity index (χ2v) is 6.84. The van der Waals surface area contributed by atoms with E-state index in [1.165, 1.54) is 0 Å². The van der Waals surface area contributed by atoms with Crippen LogP contribution in [0, 0.1) is 0 Å². The molecule has 4 rings (SSSR count). The second-order valence-electron chi connectivity index (χ2n) is 6.84. The van der Waals surface area contributed by atoms with Crippen LogP contribution in [0.15, 0.2) is 24.3 Å². The topological polar surface area (TPSA) is 121 Å². The van der Waals surface area contributed by atoms with E-state index in [1.807, 2.05) is 18.2 Å². The first-order valence-electron chi connectivity index (χ1n) is 9.15. The molecule has 2 aromatic heterocycles. The predicted octanol–water partition coefficient (Wildman–Crippen LogP) is 1.58. The van der Waals surface area contributed by atoms with Gasteiger partial charge in [-0.25, -0.2) is 9.78 Å². The number of amides is 2. The fraction of sp³-hybridized carbons (Fsp3) is 0.444. The number of fused-ring (bicyclic) bond motifs is 7. The predicted molar refractivity (Wildman–Crippen MR) is 97.7 cm³/mol. The molecular formula is C18H22N6O3. The summed E-state index contributed by atoms with van der Waals surface area (Å²) >= 11 is 0. The van der Waals surface area contributed by atoms with Gasteiger partial charge in [0.05, 0.1) is 12.1 Å². The molecule has 2 amide bonds. The zero-order chi connectivity index (χ0) is 18.6. The van der Waals surface area contributed by atoms with Gasteiger partial charge in [0.15, 0.2) is 5.82 Å². The van der Waals surface area contributed by atoms with Gasteiger partial charge in [0.2, 0.25) is 5.91 Å². The van der Waals surface area contributed by atoms with Crippen LogP contribution >= 0.6 is 0 Å². The van der Waals surface area contributed by atoms with Crippen LogP contribution in [0.3, 0.4) is 0 Å². The normalized spacial score (nSPS) is 23.3. The SMILES string of the molecule is O=C1Cc2cccc(n2)Nc2cc([nH]n2)[C@H]2CC[C@H](C2)OC(=O)NCCN1. The zero-order valence-electron chi connectivity index (χ0n) is 14.8. The molecule has 2 atom stereocenters. The summed E-state index contributed by atoms with van der Waals surface area (Å²) in [6, 6.07) is 7.44. The van der Waals surface area contributed by atoms with Gasteiger partial charge in [-0.1, -0.05) is 6.07 Å². The first-order chi connectivity index (χ1) is 13.2. The lowest BCUT2D eigenvalue weighted by molar-refractivity contribution is -0.120. The first kappa shape index (κ1) is 17.3. The number of aromatic amines is 1. The highest BCUT2D eigenvalue weighted by atomic mass is 16.6. The van der Waals surface area contributed by atoms with Crippen molar-refractivity contribution in [2.45, 2.75) is 37.7 Å². The van der Waals surface area contributed by atoms with Gasteiger partial charge in [-0.15, -0.1) is 0 Å². The summed E-state index contributed by atoms with van der Waals surface area (Å²) in [6.45, 7) is 0.659. The molecule has 0 unspecified atom stereocenters. The van der Waals surface area contributed by atoms with Crippen LogP contribution in [0.4, 0.5) is 16.4 Å². The summed E-state index contributed by atoms with van der Waals surface area (Å²) in [5.41, 5.74) is 1.67. The van der Waals surface area contributed by atoms with Gasteiger partial charge in [-0.3, -0.25) is 9.89 Å². The molecule has 0 saturated heterocycles. The average molecular weight is 370 g/mol. The van der Waals surface area contributed by atoms with Gasteiger partial charge in [0.25, 0.3) is 0 Å². The lowest BCUT2D eigenvalue weighted by Crippen LogP contribution is -2.36. The van der Waals surface area contributed by atoms with Gasteiger partial charge in [0.1, 0.15) is 11.9 Å². The van der Waals surface area contributed by atoms with E-state index in [-0.39, 0.29) is 24.3 Å². The Hall–Kier alpha value is -3.10. The molecule has 1 aliphatic heterocycles. The molecule has 9 heteroatoms. The highest BCUT2D eigenvalue weighted by Gasteiger charge is 2.30. The van der Waals surface area contributed by atoms with E-state index in [0.29, 0.717) is 30.4 Å². The number of carbonyl (C=O) groups is 2. The van der Waals surface area contributed by atoms with E-state index in [9.17, 15) is 9.59 Å². The van der Waals surface area contributed by atoms with E-state index < -0.39 is 6.09 Å². The van der Waals surface area contributed by atoms with Crippen LogP contribution in [-0.2, 0) is 16.0 Å². The van der Waals surface area contributed by atoms with Crippen molar-refractivity contribution in [3.8, 4) is 0 Å². The summed E-state index contributed by atoms with van der Waals surface area (Å²) < 4.78 is 5.47. The molecule has 0 aromatic carbocycles. The fourth-order valence-electron chi connectivity index (χ4n) is 3.50. The number of nitrogens with one attached hydrogen (secondary N) is 4. The van der Waals surface area contributed by atoms with Crippen LogP contribution < -0.4 is 16.0 Å². The Morgan fingerprint density at radius 3 is 2.89 bits per heavy atom. The van der Waals surface area contributed by atoms with Gasteiger partial charge in [0, 0.05) is 30.8 Å². The standard InChI is InChI=1S/C18H22N6O3/c25-17-9-12-2-1-3-15(21-12)22-16-10-14(23-24-16)11-4-5-13(8-11)27-18(26)20-7-6-19-17/h1-3,10-11,13H,4-9H2,(H,19,25)(H,20,26)(H2,21,22,23,24)/t11-,13+/m0/s1. The van der Waals surface area contributed by atoms with Gasteiger partial charge in [-0.05, 0) is 31.4 Å². The molecule has 1 fully saturated rings. The third-order valence-electron chi connectivity index (χ3n) is 4.82. The number of nitrogens with zero attached hydrogens (tertiary/aromatic N) is 2. The summed E-state index contributed by atoms with van der Waals surface area (Å²) in [5.74, 6) is 1.43. The summed E-state index contributed by atoms with van der Waals surface area (Å²) in [6.07, 6.45) is 2.12. The number of anilines is 2. The lowest BCUT2D eigenvalue weighted by Gasteiger charge is -2.13. The molecule has 1 saturated carbocycles. The van der Waals surface area contributed by atoms with Crippen molar-refractivity contribution in [3.05, 3.63) is 35.7 Å². The fourth-order valence-corrected chi connectivity index (χ4v) is 3.50. The molecule has 4 N–H and O–H groups in total. The van der Waals surface area contributed by atoms with Gasteiger partial charge in [-0.2, -0.15) is 5.10 Å². The van der Waals surface area contributed by atoms with Crippen LogP contribution in [0.25, 0.3) is 0 Å². The minimum Gasteiger partial charge on any atom is -0.446 e. The third-order valence-corrected chi connectivity index (χ3v) is 4.82. The van der Waals surface area contributed by atoms with E-state index in [1.54, 1.807) is 6.07 Å². The monoisotopic (exact) mass is 370 g/mol. The number of H-pyrrole nitrogens is 1.